The molecule has 0 saturated heterocycles. The van der Waals surface area contributed by atoms with Crippen LogP contribution in [0.25, 0.3) is 0 Å². The molecule has 0 fully saturated rings. The average molecular weight is 397 g/mol. The first-order chi connectivity index (χ1) is 10.2. The zero-order valence-electron chi connectivity index (χ0n) is 11.2. The van der Waals surface area contributed by atoms with Crippen LogP contribution in [0.15, 0.2) is 28.9 Å². The van der Waals surface area contributed by atoms with Crippen LogP contribution in [-0.2, 0) is 19.8 Å². The molecular formula is C13H10BrClF3N3O. The molecule has 0 aliphatic rings. The monoisotopic (exact) mass is 395 g/mol. The molecule has 0 atom stereocenters. The molecule has 118 valence electrons. The fraction of sp³-hybridized carbons (Fsp3) is 0.231. The van der Waals surface area contributed by atoms with Gasteiger partial charge in [-0.05, 0) is 17.7 Å². The number of alkyl halides is 3. The van der Waals surface area contributed by atoms with E-state index >= 15 is 0 Å². The summed E-state index contributed by atoms with van der Waals surface area (Å²) in [6.45, 7) is 0.0110. The first-order valence-electron chi connectivity index (χ1n) is 6.01. The van der Waals surface area contributed by atoms with Crippen molar-refractivity contribution in [2.24, 2.45) is 7.05 Å². The van der Waals surface area contributed by atoms with Crippen molar-refractivity contribution in [1.82, 2.24) is 15.1 Å². The normalized spacial score (nSPS) is 11.5. The van der Waals surface area contributed by atoms with Crippen LogP contribution >= 0.6 is 27.5 Å². The minimum atomic E-state index is -4.66. The van der Waals surface area contributed by atoms with E-state index in [1.807, 2.05) is 0 Å². The smallest absolute Gasteiger partial charge is 0.348 e. The maximum absolute atomic E-state index is 12.9. The number of nitrogens with zero attached hydrogens (tertiary/aromatic N) is 2. The average Bonchev–Trinajstić information content (AvgIpc) is 2.79. The highest BCUT2D eigenvalue weighted by Gasteiger charge is 2.39. The predicted octanol–water partition coefficient (Wildman–Crippen LogP) is 3.78. The van der Waals surface area contributed by atoms with Gasteiger partial charge in [0.15, 0.2) is 5.69 Å². The lowest BCUT2D eigenvalue weighted by Crippen LogP contribution is -2.26. The van der Waals surface area contributed by atoms with Crippen LogP contribution in [0.2, 0.25) is 5.02 Å². The number of hydrogen-bond donors (Lipinski definition) is 1. The van der Waals surface area contributed by atoms with E-state index in [0.717, 1.165) is 17.7 Å². The molecule has 4 nitrogen and oxygen atoms in total. The van der Waals surface area contributed by atoms with E-state index in [1.54, 1.807) is 18.2 Å². The number of benzene rings is 1. The van der Waals surface area contributed by atoms with Crippen LogP contribution in [0, 0.1) is 0 Å². The fourth-order valence-corrected chi connectivity index (χ4v) is 2.62. The second kappa shape index (κ2) is 6.29. The standard InChI is InChI=1S/C13H10BrClF3N3O/c1-21-11(13(16,17)18)9(6-20-21)12(22)19-5-7-2-3-8(14)4-10(7)15/h2-4,6H,5H2,1H3,(H,19,22). The molecule has 1 N–H and O–H groups in total. The SMILES string of the molecule is Cn1ncc(C(=O)NCc2ccc(Br)cc2Cl)c1C(F)(F)F. The Morgan fingerprint density at radius 1 is 1.45 bits per heavy atom. The summed E-state index contributed by atoms with van der Waals surface area (Å²) in [5.41, 5.74) is -1.02. The Labute approximate surface area is 137 Å². The molecule has 0 spiro atoms. The number of rotatable bonds is 3. The molecule has 0 saturated carbocycles. The molecule has 0 aliphatic carbocycles. The number of amides is 1. The lowest BCUT2D eigenvalue weighted by molar-refractivity contribution is -0.144. The molecule has 1 aromatic carbocycles. The number of nitrogens with one attached hydrogen (secondary N) is 1. The molecule has 22 heavy (non-hydrogen) atoms. The highest BCUT2D eigenvalue weighted by Crippen LogP contribution is 2.31. The van der Waals surface area contributed by atoms with E-state index < -0.39 is 23.3 Å². The molecule has 0 radical (unpaired) electrons. The van der Waals surface area contributed by atoms with Gasteiger partial charge in [-0.3, -0.25) is 9.48 Å². The minimum Gasteiger partial charge on any atom is -0.348 e. The molecule has 1 amide bonds. The van der Waals surface area contributed by atoms with Gasteiger partial charge in [0.05, 0.1) is 11.8 Å². The highest BCUT2D eigenvalue weighted by molar-refractivity contribution is 9.10. The second-order valence-corrected chi connectivity index (χ2v) is 5.77. The van der Waals surface area contributed by atoms with E-state index in [0.29, 0.717) is 15.3 Å². The summed E-state index contributed by atoms with van der Waals surface area (Å²) >= 11 is 9.23. The number of halogens is 5. The van der Waals surface area contributed by atoms with Gasteiger partial charge in [0.1, 0.15) is 0 Å². The highest BCUT2D eigenvalue weighted by atomic mass is 79.9. The Morgan fingerprint density at radius 2 is 2.14 bits per heavy atom. The Balaban J connectivity index is 2.17. The summed E-state index contributed by atoms with van der Waals surface area (Å²) in [4.78, 5) is 12.0. The minimum absolute atomic E-state index is 0.0110. The first kappa shape index (κ1) is 16.8. The van der Waals surface area contributed by atoms with Crippen LogP contribution < -0.4 is 5.32 Å². The van der Waals surface area contributed by atoms with Crippen LogP contribution in [0.3, 0.4) is 0 Å². The number of carbonyl (C=O) groups excluding carboxylic acids is 1. The summed E-state index contributed by atoms with van der Waals surface area (Å²) in [6.07, 6.45) is -3.77. The maximum Gasteiger partial charge on any atom is 0.433 e. The Morgan fingerprint density at radius 3 is 2.73 bits per heavy atom. The van der Waals surface area contributed by atoms with E-state index in [4.69, 9.17) is 11.6 Å². The van der Waals surface area contributed by atoms with Gasteiger partial charge in [-0.1, -0.05) is 33.6 Å². The topological polar surface area (TPSA) is 46.9 Å². The van der Waals surface area contributed by atoms with Crippen molar-refractivity contribution in [3.63, 3.8) is 0 Å². The van der Waals surface area contributed by atoms with Crippen molar-refractivity contribution < 1.29 is 18.0 Å². The van der Waals surface area contributed by atoms with Gasteiger partial charge in [0.2, 0.25) is 0 Å². The zero-order valence-corrected chi connectivity index (χ0v) is 13.6. The summed E-state index contributed by atoms with van der Waals surface area (Å²) in [6, 6.07) is 5.02. The molecular weight excluding hydrogens is 387 g/mol. The van der Waals surface area contributed by atoms with Crippen molar-refractivity contribution in [3.05, 3.63) is 50.7 Å². The van der Waals surface area contributed by atoms with Crippen LogP contribution in [-0.4, -0.2) is 15.7 Å². The summed E-state index contributed by atoms with van der Waals surface area (Å²) < 4.78 is 40.1. The molecule has 2 rings (SSSR count). The molecule has 0 unspecified atom stereocenters. The van der Waals surface area contributed by atoms with Gasteiger partial charge in [-0.15, -0.1) is 0 Å². The van der Waals surface area contributed by atoms with E-state index in [-0.39, 0.29) is 6.54 Å². The van der Waals surface area contributed by atoms with Crippen molar-refractivity contribution in [3.8, 4) is 0 Å². The van der Waals surface area contributed by atoms with Gasteiger partial charge in [-0.25, -0.2) is 0 Å². The predicted molar refractivity (Wildman–Crippen MR) is 78.5 cm³/mol. The van der Waals surface area contributed by atoms with Crippen molar-refractivity contribution >= 4 is 33.4 Å². The molecule has 1 heterocycles. The van der Waals surface area contributed by atoms with Crippen molar-refractivity contribution in [2.45, 2.75) is 12.7 Å². The van der Waals surface area contributed by atoms with E-state index in [2.05, 4.69) is 26.3 Å². The largest absolute Gasteiger partial charge is 0.433 e. The Bertz CT molecular complexity index is 715. The van der Waals surface area contributed by atoms with E-state index in [9.17, 15) is 18.0 Å². The van der Waals surface area contributed by atoms with Crippen LogP contribution in [0.1, 0.15) is 21.6 Å². The number of hydrogen-bond acceptors (Lipinski definition) is 2. The van der Waals surface area contributed by atoms with Crippen LogP contribution in [0.4, 0.5) is 13.2 Å². The van der Waals surface area contributed by atoms with Gasteiger partial charge < -0.3 is 5.32 Å². The second-order valence-electron chi connectivity index (χ2n) is 4.45. The van der Waals surface area contributed by atoms with Crippen molar-refractivity contribution in [1.29, 1.82) is 0 Å². The molecule has 0 aliphatic heterocycles. The quantitative estimate of drug-likeness (QED) is 0.858. The van der Waals surface area contributed by atoms with Gasteiger partial charge in [0, 0.05) is 23.1 Å². The third kappa shape index (κ3) is 3.61. The third-order valence-electron chi connectivity index (χ3n) is 2.91. The lowest BCUT2D eigenvalue weighted by atomic mass is 10.2. The molecule has 0 bridgehead atoms. The van der Waals surface area contributed by atoms with Gasteiger partial charge >= 0.3 is 6.18 Å². The Hall–Kier alpha value is -1.54. The summed E-state index contributed by atoms with van der Waals surface area (Å²) in [5.74, 6) is -0.862. The number of aryl methyl sites for hydroxylation is 1. The van der Waals surface area contributed by atoms with E-state index in [1.165, 1.54) is 0 Å². The summed E-state index contributed by atoms with van der Waals surface area (Å²) in [7, 11) is 1.13. The Kier molecular flexibility index (Phi) is 4.81. The molecule has 1 aromatic heterocycles. The van der Waals surface area contributed by atoms with Gasteiger partial charge in [-0.2, -0.15) is 18.3 Å². The van der Waals surface area contributed by atoms with Crippen molar-refractivity contribution in [2.75, 3.05) is 0 Å². The number of aromatic nitrogens is 2. The molecule has 9 heteroatoms. The number of carbonyl (C=O) groups is 1. The summed E-state index contributed by atoms with van der Waals surface area (Å²) in [5, 5.41) is 6.30. The molecule has 2 aromatic rings. The lowest BCUT2D eigenvalue weighted by Gasteiger charge is -2.11. The van der Waals surface area contributed by atoms with Gasteiger partial charge in [0.25, 0.3) is 5.91 Å². The van der Waals surface area contributed by atoms with Crippen LogP contribution in [0.5, 0.6) is 0 Å². The zero-order chi connectivity index (χ0) is 16.5. The maximum atomic E-state index is 12.9. The third-order valence-corrected chi connectivity index (χ3v) is 3.75. The first-order valence-corrected chi connectivity index (χ1v) is 7.18. The fourth-order valence-electron chi connectivity index (χ4n) is 1.88.